The number of amides is 1. The van der Waals surface area contributed by atoms with Crippen LogP contribution in [0.1, 0.15) is 28.8 Å². The molecule has 0 N–H and O–H groups in total. The third kappa shape index (κ3) is 3.26. The van der Waals surface area contributed by atoms with Gasteiger partial charge in [0.2, 0.25) is 0 Å². The van der Waals surface area contributed by atoms with E-state index in [1.807, 2.05) is 24.3 Å². The number of carbonyl (C=O) groups excluding carboxylic acids is 1. The van der Waals surface area contributed by atoms with Crippen LogP contribution in [0.4, 0.5) is 0 Å². The zero-order chi connectivity index (χ0) is 18.2. The van der Waals surface area contributed by atoms with Crippen molar-refractivity contribution in [3.05, 3.63) is 72.0 Å². The van der Waals surface area contributed by atoms with Gasteiger partial charge in [0.1, 0.15) is 5.58 Å². The fourth-order valence-corrected chi connectivity index (χ4v) is 4.64. The number of rotatable bonds is 3. The van der Waals surface area contributed by atoms with Gasteiger partial charge in [-0.1, -0.05) is 30.3 Å². The maximum Gasteiger partial charge on any atom is 0.253 e. The third-order valence-corrected chi connectivity index (χ3v) is 6.04. The first kappa shape index (κ1) is 16.6. The van der Waals surface area contributed by atoms with Crippen molar-refractivity contribution in [3.63, 3.8) is 0 Å². The number of furan rings is 1. The second-order valence-corrected chi connectivity index (χ2v) is 7.90. The Labute approximate surface area is 159 Å². The highest BCUT2D eigenvalue weighted by Crippen LogP contribution is 2.30. The molecule has 6 rings (SSSR count). The van der Waals surface area contributed by atoms with Gasteiger partial charge in [-0.25, -0.2) is 0 Å². The fourth-order valence-electron chi connectivity index (χ4n) is 4.64. The van der Waals surface area contributed by atoms with Crippen LogP contribution in [-0.4, -0.2) is 41.4 Å². The smallest absolute Gasteiger partial charge is 0.253 e. The Hall–Kier alpha value is -2.59. The maximum absolute atomic E-state index is 13.2. The highest BCUT2D eigenvalue weighted by atomic mass is 16.3. The van der Waals surface area contributed by atoms with E-state index in [4.69, 9.17) is 4.42 Å². The molecule has 1 aromatic heterocycles. The van der Waals surface area contributed by atoms with Crippen molar-refractivity contribution in [1.82, 2.24) is 9.80 Å². The molecular formula is C23H24N2O2. The van der Waals surface area contributed by atoms with Crippen molar-refractivity contribution in [2.75, 3.05) is 19.6 Å². The Morgan fingerprint density at radius 3 is 2.78 bits per heavy atom. The molecule has 27 heavy (non-hydrogen) atoms. The summed E-state index contributed by atoms with van der Waals surface area (Å²) in [5.74, 6) is 0.714. The van der Waals surface area contributed by atoms with Gasteiger partial charge in [-0.15, -0.1) is 0 Å². The summed E-state index contributed by atoms with van der Waals surface area (Å²) in [5, 5.41) is 0.990. The first-order valence-corrected chi connectivity index (χ1v) is 9.81. The van der Waals surface area contributed by atoms with Gasteiger partial charge in [0.05, 0.1) is 6.26 Å². The summed E-state index contributed by atoms with van der Waals surface area (Å²) in [6.45, 7) is 3.75. The van der Waals surface area contributed by atoms with E-state index in [0.29, 0.717) is 12.0 Å². The number of piperidine rings is 1. The number of benzene rings is 2. The maximum atomic E-state index is 13.2. The average Bonchev–Trinajstić information content (AvgIpc) is 2.99. The van der Waals surface area contributed by atoms with E-state index in [2.05, 4.69) is 40.1 Å². The van der Waals surface area contributed by atoms with Crippen LogP contribution < -0.4 is 0 Å². The molecule has 0 radical (unpaired) electrons. The minimum atomic E-state index is 0.150. The van der Waals surface area contributed by atoms with E-state index in [9.17, 15) is 4.79 Å². The number of fused-ring (bicyclic) bond motifs is 5. The van der Waals surface area contributed by atoms with Gasteiger partial charge in [-0.2, -0.15) is 0 Å². The average molecular weight is 360 g/mol. The third-order valence-electron chi connectivity index (χ3n) is 6.04. The second-order valence-electron chi connectivity index (χ2n) is 7.90. The van der Waals surface area contributed by atoms with Crippen molar-refractivity contribution in [2.24, 2.45) is 5.92 Å². The standard InChI is InChI=1S/C23H24N2O2/c26-23(20-7-9-22-19(12-20)10-11-27-22)25-15-18-6-8-21(16-25)24(14-18)13-17-4-2-1-3-5-17/h1-5,7,9-12,18,21H,6,8,13-16H2/t18-,21-/m0/s1. The SMILES string of the molecule is O=C(c1ccc2occc2c1)N1C[C@H]2CC[C@@H](C1)N(Cc1ccccc1)C2. The molecule has 0 saturated carbocycles. The Kier molecular flexibility index (Phi) is 4.21. The molecule has 3 saturated heterocycles. The molecule has 0 unspecified atom stereocenters. The molecular weight excluding hydrogens is 336 g/mol. The number of nitrogens with zero attached hydrogens (tertiary/aromatic N) is 2. The molecule has 2 aromatic carbocycles. The van der Waals surface area contributed by atoms with Crippen LogP contribution in [0.3, 0.4) is 0 Å². The first-order valence-electron chi connectivity index (χ1n) is 9.81. The largest absolute Gasteiger partial charge is 0.464 e. The van der Waals surface area contributed by atoms with E-state index in [0.717, 1.165) is 42.7 Å². The molecule has 2 bridgehead atoms. The lowest BCUT2D eigenvalue weighted by molar-refractivity contribution is 0.0736. The minimum absolute atomic E-state index is 0.150. The van der Waals surface area contributed by atoms with E-state index in [1.54, 1.807) is 6.26 Å². The first-order chi connectivity index (χ1) is 13.3. The van der Waals surface area contributed by atoms with Gasteiger partial charge in [-0.05, 0) is 48.6 Å². The molecule has 4 heterocycles. The molecule has 4 heteroatoms. The highest BCUT2D eigenvalue weighted by molar-refractivity contribution is 5.97. The van der Waals surface area contributed by atoms with Crippen molar-refractivity contribution in [3.8, 4) is 0 Å². The monoisotopic (exact) mass is 360 g/mol. The molecule has 1 amide bonds. The van der Waals surface area contributed by atoms with Gasteiger partial charge in [-0.3, -0.25) is 9.69 Å². The lowest BCUT2D eigenvalue weighted by Gasteiger charge is -2.36. The molecule has 3 aliphatic heterocycles. The number of hydrogen-bond acceptors (Lipinski definition) is 3. The quantitative estimate of drug-likeness (QED) is 0.703. The minimum Gasteiger partial charge on any atom is -0.464 e. The molecule has 3 fully saturated rings. The predicted molar refractivity (Wildman–Crippen MR) is 105 cm³/mol. The van der Waals surface area contributed by atoms with E-state index in [-0.39, 0.29) is 5.91 Å². The van der Waals surface area contributed by atoms with E-state index >= 15 is 0 Å². The molecule has 138 valence electrons. The van der Waals surface area contributed by atoms with Crippen molar-refractivity contribution < 1.29 is 9.21 Å². The van der Waals surface area contributed by atoms with E-state index in [1.165, 1.54) is 18.4 Å². The van der Waals surface area contributed by atoms with Crippen LogP contribution in [0.25, 0.3) is 11.0 Å². The van der Waals surface area contributed by atoms with Crippen LogP contribution in [0.2, 0.25) is 0 Å². The molecule has 0 aliphatic carbocycles. The fraction of sp³-hybridized carbons (Fsp3) is 0.348. The van der Waals surface area contributed by atoms with Crippen LogP contribution in [0, 0.1) is 5.92 Å². The summed E-state index contributed by atoms with van der Waals surface area (Å²) in [7, 11) is 0. The molecule has 3 aromatic rings. The van der Waals surface area contributed by atoms with Crippen molar-refractivity contribution in [2.45, 2.75) is 25.4 Å². The lowest BCUT2D eigenvalue weighted by Crippen LogP contribution is -2.43. The predicted octanol–water partition coefficient (Wildman–Crippen LogP) is 4.17. The Morgan fingerprint density at radius 2 is 1.89 bits per heavy atom. The van der Waals surface area contributed by atoms with Crippen LogP contribution in [0.5, 0.6) is 0 Å². The summed E-state index contributed by atoms with van der Waals surface area (Å²) < 4.78 is 5.40. The number of hydrogen-bond donors (Lipinski definition) is 0. The lowest BCUT2D eigenvalue weighted by atomic mass is 9.94. The summed E-state index contributed by atoms with van der Waals surface area (Å²) in [5.41, 5.74) is 2.95. The normalized spacial score (nSPS) is 22.9. The summed E-state index contributed by atoms with van der Waals surface area (Å²) >= 11 is 0. The van der Waals surface area contributed by atoms with Gasteiger partial charge in [0.15, 0.2) is 0 Å². The summed E-state index contributed by atoms with van der Waals surface area (Å²) in [6, 6.07) is 18.8. The van der Waals surface area contributed by atoms with Gasteiger partial charge in [0, 0.05) is 43.2 Å². The zero-order valence-electron chi connectivity index (χ0n) is 15.4. The van der Waals surface area contributed by atoms with Crippen LogP contribution in [-0.2, 0) is 6.54 Å². The summed E-state index contributed by atoms with van der Waals surface area (Å²) in [4.78, 5) is 17.8. The van der Waals surface area contributed by atoms with Crippen LogP contribution in [0.15, 0.2) is 65.3 Å². The molecule has 4 nitrogen and oxygen atoms in total. The second kappa shape index (κ2) is 6.86. The van der Waals surface area contributed by atoms with Gasteiger partial charge < -0.3 is 9.32 Å². The molecule has 2 atom stereocenters. The molecule has 0 spiro atoms. The number of carbonyl (C=O) groups is 1. The van der Waals surface area contributed by atoms with Gasteiger partial charge in [0.25, 0.3) is 5.91 Å². The Balaban J connectivity index is 1.35. The van der Waals surface area contributed by atoms with Crippen molar-refractivity contribution in [1.29, 1.82) is 0 Å². The zero-order valence-corrected chi connectivity index (χ0v) is 15.4. The Bertz CT molecular complexity index is 949. The highest BCUT2D eigenvalue weighted by Gasteiger charge is 2.36. The van der Waals surface area contributed by atoms with E-state index < -0.39 is 0 Å². The summed E-state index contributed by atoms with van der Waals surface area (Å²) in [6.07, 6.45) is 4.08. The van der Waals surface area contributed by atoms with Crippen LogP contribution >= 0.6 is 0 Å². The Morgan fingerprint density at radius 1 is 1.00 bits per heavy atom. The molecule has 3 aliphatic rings. The topological polar surface area (TPSA) is 36.7 Å². The van der Waals surface area contributed by atoms with Crippen molar-refractivity contribution >= 4 is 16.9 Å². The van der Waals surface area contributed by atoms with Gasteiger partial charge >= 0.3 is 0 Å².